The molecule has 0 aliphatic heterocycles. The number of nitrogens with one attached hydrogen (secondary N) is 1. The van der Waals surface area contributed by atoms with Crippen LogP contribution in [0, 0.1) is 0 Å². The van der Waals surface area contributed by atoms with Gasteiger partial charge >= 0.3 is 5.97 Å². The molecule has 1 atom stereocenters. The maximum Gasteiger partial charge on any atom is 0.332 e. The van der Waals surface area contributed by atoms with Crippen molar-refractivity contribution in [2.45, 2.75) is 12.5 Å². The first-order valence-electron chi connectivity index (χ1n) is 4.74. The number of aliphatic carboxylic acids is 1. The third-order valence-electron chi connectivity index (χ3n) is 1.91. The fraction of sp³-hybridized carbons (Fsp3) is 0.444. The summed E-state index contributed by atoms with van der Waals surface area (Å²) in [5.41, 5.74) is 0. The quantitative estimate of drug-likeness (QED) is 0.601. The van der Waals surface area contributed by atoms with Crippen LogP contribution in [0.1, 0.15) is 17.0 Å². The lowest BCUT2D eigenvalue weighted by Gasteiger charge is -2.05. The van der Waals surface area contributed by atoms with E-state index in [2.05, 4.69) is 15.0 Å². The number of hydrogen-bond acceptors (Lipinski definition) is 6. The van der Waals surface area contributed by atoms with Crippen LogP contribution in [0.15, 0.2) is 10.6 Å². The van der Waals surface area contributed by atoms with Crippen molar-refractivity contribution >= 4 is 11.9 Å². The van der Waals surface area contributed by atoms with Crippen molar-refractivity contribution in [1.29, 1.82) is 0 Å². The fourth-order valence-corrected chi connectivity index (χ4v) is 0.995. The van der Waals surface area contributed by atoms with Gasteiger partial charge in [0.15, 0.2) is 6.10 Å². The van der Waals surface area contributed by atoms with Gasteiger partial charge in [-0.05, 0) is 5.16 Å². The van der Waals surface area contributed by atoms with Gasteiger partial charge in [0.25, 0.3) is 11.8 Å². The lowest BCUT2D eigenvalue weighted by molar-refractivity contribution is -0.146. The van der Waals surface area contributed by atoms with Crippen LogP contribution in [0.4, 0.5) is 0 Å². The van der Waals surface area contributed by atoms with E-state index in [1.807, 2.05) is 0 Å². The number of carbonyl (C=O) groups is 2. The highest BCUT2D eigenvalue weighted by atomic mass is 16.5. The second kappa shape index (κ2) is 5.85. The molecule has 8 nitrogen and oxygen atoms in total. The van der Waals surface area contributed by atoms with Crippen LogP contribution in [0.2, 0.25) is 0 Å². The summed E-state index contributed by atoms with van der Waals surface area (Å²) in [5, 5.41) is 23.1. The summed E-state index contributed by atoms with van der Waals surface area (Å²) in [6.45, 7) is 0.00924. The maximum atomic E-state index is 11.4. The normalized spacial score (nSPS) is 11.9. The van der Waals surface area contributed by atoms with Gasteiger partial charge in [-0.15, -0.1) is 0 Å². The van der Waals surface area contributed by atoms with Crippen molar-refractivity contribution < 1.29 is 29.1 Å². The lowest BCUT2D eigenvalue weighted by Crippen LogP contribution is -2.29. The number of ether oxygens (including phenoxy) is 1. The van der Waals surface area contributed by atoms with Gasteiger partial charge in [0, 0.05) is 13.0 Å². The summed E-state index contributed by atoms with van der Waals surface area (Å²) in [6, 6.07) is 1.29. The predicted molar refractivity (Wildman–Crippen MR) is 53.6 cm³/mol. The van der Waals surface area contributed by atoms with E-state index in [0.717, 1.165) is 0 Å². The minimum Gasteiger partial charge on any atom is -0.479 e. The molecule has 0 radical (unpaired) electrons. The number of methoxy groups -OCH3 is 1. The molecule has 17 heavy (non-hydrogen) atoms. The van der Waals surface area contributed by atoms with Crippen molar-refractivity contribution in [3.8, 4) is 5.88 Å². The summed E-state index contributed by atoms with van der Waals surface area (Å²) in [4.78, 5) is 21.7. The minimum absolute atomic E-state index is 0.00924. The van der Waals surface area contributed by atoms with E-state index in [1.165, 1.54) is 13.2 Å². The molecule has 94 valence electrons. The molecule has 3 N–H and O–H groups in total. The Labute approximate surface area is 96.2 Å². The molecule has 0 bridgehead atoms. The largest absolute Gasteiger partial charge is 0.479 e. The van der Waals surface area contributed by atoms with Crippen molar-refractivity contribution in [2.24, 2.45) is 0 Å². The van der Waals surface area contributed by atoms with E-state index in [0.29, 0.717) is 0 Å². The molecule has 0 aliphatic carbocycles. The van der Waals surface area contributed by atoms with E-state index < -0.39 is 18.0 Å². The zero-order chi connectivity index (χ0) is 12.8. The van der Waals surface area contributed by atoms with E-state index in [4.69, 9.17) is 14.9 Å². The summed E-state index contributed by atoms with van der Waals surface area (Å²) in [6.07, 6.45) is -1.59. The lowest BCUT2D eigenvalue weighted by atomic mass is 10.2. The molecular formula is C9H12N2O6. The number of hydrogen-bond donors (Lipinski definition) is 3. The van der Waals surface area contributed by atoms with Crippen LogP contribution < -0.4 is 10.1 Å². The SMILES string of the molecule is COc1cc(C(=O)NCC[C@@H](O)C(=O)O)on1. The summed E-state index contributed by atoms with van der Waals surface area (Å²) < 4.78 is 9.37. The number of nitrogens with zero attached hydrogens (tertiary/aromatic N) is 1. The highest BCUT2D eigenvalue weighted by molar-refractivity contribution is 5.91. The average Bonchev–Trinajstić information content (AvgIpc) is 2.77. The Kier molecular flexibility index (Phi) is 4.46. The van der Waals surface area contributed by atoms with Crippen LogP contribution >= 0.6 is 0 Å². The van der Waals surface area contributed by atoms with Gasteiger partial charge in [0.1, 0.15) is 0 Å². The van der Waals surface area contributed by atoms with E-state index in [-0.39, 0.29) is 24.6 Å². The van der Waals surface area contributed by atoms with Crippen LogP contribution in [0.3, 0.4) is 0 Å². The number of carboxylic acid groups (broad SMARTS) is 1. The van der Waals surface area contributed by atoms with Crippen molar-refractivity contribution in [3.63, 3.8) is 0 Å². The van der Waals surface area contributed by atoms with Gasteiger partial charge in [-0.2, -0.15) is 0 Å². The standard InChI is InChI=1S/C9H12N2O6/c1-16-7-4-6(17-11-7)8(13)10-3-2-5(12)9(14)15/h4-5,12H,2-3H2,1H3,(H,10,13)(H,14,15)/t5-/m1/s1. The highest BCUT2D eigenvalue weighted by Gasteiger charge is 2.15. The number of aliphatic hydroxyl groups excluding tert-OH is 1. The van der Waals surface area contributed by atoms with Gasteiger partial charge in [0.2, 0.25) is 5.76 Å². The Hall–Kier alpha value is -2.09. The van der Waals surface area contributed by atoms with Crippen molar-refractivity contribution in [3.05, 3.63) is 11.8 Å². The molecule has 0 aliphatic rings. The van der Waals surface area contributed by atoms with Crippen LogP contribution in [0.5, 0.6) is 5.88 Å². The molecule has 0 spiro atoms. The first-order valence-corrected chi connectivity index (χ1v) is 4.74. The molecule has 0 saturated heterocycles. The summed E-state index contributed by atoms with van der Waals surface area (Å²) >= 11 is 0. The van der Waals surface area contributed by atoms with Gasteiger partial charge < -0.3 is 24.8 Å². The predicted octanol–water partition coefficient (Wildman–Crippen LogP) is -0.751. The second-order valence-corrected chi connectivity index (χ2v) is 3.13. The number of amides is 1. The van der Waals surface area contributed by atoms with E-state index >= 15 is 0 Å². The third kappa shape index (κ3) is 3.76. The van der Waals surface area contributed by atoms with Gasteiger partial charge in [-0.1, -0.05) is 0 Å². The number of rotatable bonds is 6. The van der Waals surface area contributed by atoms with Gasteiger partial charge in [0.05, 0.1) is 13.2 Å². The van der Waals surface area contributed by atoms with Crippen LogP contribution in [0.25, 0.3) is 0 Å². The van der Waals surface area contributed by atoms with E-state index in [1.54, 1.807) is 0 Å². The summed E-state index contributed by atoms with van der Waals surface area (Å²) in [7, 11) is 1.38. The highest BCUT2D eigenvalue weighted by Crippen LogP contribution is 2.09. The second-order valence-electron chi connectivity index (χ2n) is 3.13. The molecule has 1 rings (SSSR count). The van der Waals surface area contributed by atoms with Crippen molar-refractivity contribution in [2.75, 3.05) is 13.7 Å². The number of aromatic nitrogens is 1. The Balaban J connectivity index is 2.37. The van der Waals surface area contributed by atoms with Crippen LogP contribution in [-0.4, -0.2) is 47.0 Å². The molecule has 0 aromatic carbocycles. The van der Waals surface area contributed by atoms with Gasteiger partial charge in [-0.3, -0.25) is 4.79 Å². The first kappa shape index (κ1) is 13.0. The topological polar surface area (TPSA) is 122 Å². The molecule has 0 unspecified atom stereocenters. The average molecular weight is 244 g/mol. The Morgan fingerprint density at radius 3 is 2.88 bits per heavy atom. The molecule has 1 aromatic rings. The first-order chi connectivity index (χ1) is 8.04. The molecule has 1 aromatic heterocycles. The molecular weight excluding hydrogens is 232 g/mol. The zero-order valence-corrected chi connectivity index (χ0v) is 9.04. The number of carboxylic acids is 1. The van der Waals surface area contributed by atoms with Crippen molar-refractivity contribution in [1.82, 2.24) is 10.5 Å². The maximum absolute atomic E-state index is 11.4. The molecule has 0 fully saturated rings. The zero-order valence-electron chi connectivity index (χ0n) is 9.04. The van der Waals surface area contributed by atoms with Crippen LogP contribution in [-0.2, 0) is 4.79 Å². The third-order valence-corrected chi connectivity index (χ3v) is 1.91. The Morgan fingerprint density at radius 2 is 2.35 bits per heavy atom. The Bertz CT molecular complexity index is 402. The molecule has 1 amide bonds. The Morgan fingerprint density at radius 1 is 1.65 bits per heavy atom. The number of carbonyl (C=O) groups excluding carboxylic acids is 1. The van der Waals surface area contributed by atoms with E-state index in [9.17, 15) is 9.59 Å². The van der Waals surface area contributed by atoms with Gasteiger partial charge in [-0.25, -0.2) is 4.79 Å². The molecule has 0 saturated carbocycles. The molecule has 1 heterocycles. The molecule has 8 heteroatoms. The fourth-order valence-electron chi connectivity index (χ4n) is 0.995. The minimum atomic E-state index is -1.50. The summed E-state index contributed by atoms with van der Waals surface area (Å²) in [5.74, 6) is -1.77. The smallest absolute Gasteiger partial charge is 0.332 e. The monoisotopic (exact) mass is 244 g/mol. The number of aliphatic hydroxyl groups is 1.